The molecule has 0 spiro atoms. The summed E-state index contributed by atoms with van der Waals surface area (Å²) in [5.74, 6) is 0.199. The SMILES string of the molecule is O=C(O)NCC(O)[C@H]1CN(c2ccc3c(c2)NC(=O)CO3)C(=O)O1. The monoisotopic (exact) mass is 337 g/mol. The van der Waals surface area contributed by atoms with Crippen LogP contribution in [0.3, 0.4) is 0 Å². The molecule has 0 aliphatic carbocycles. The first-order valence-electron chi connectivity index (χ1n) is 7.14. The zero-order valence-electron chi connectivity index (χ0n) is 12.4. The molecule has 0 saturated carbocycles. The fourth-order valence-corrected chi connectivity index (χ4v) is 2.46. The molecule has 2 heterocycles. The number of aliphatic hydroxyl groups is 1. The molecule has 2 aliphatic rings. The molecule has 1 unspecified atom stereocenters. The fourth-order valence-electron chi connectivity index (χ4n) is 2.46. The van der Waals surface area contributed by atoms with Crippen molar-refractivity contribution in [2.24, 2.45) is 0 Å². The van der Waals surface area contributed by atoms with Crippen molar-refractivity contribution in [3.63, 3.8) is 0 Å². The van der Waals surface area contributed by atoms with Crippen molar-refractivity contribution in [3.05, 3.63) is 18.2 Å². The molecule has 10 heteroatoms. The summed E-state index contributed by atoms with van der Waals surface area (Å²) >= 11 is 0. The van der Waals surface area contributed by atoms with Crippen molar-refractivity contribution in [1.29, 1.82) is 0 Å². The van der Waals surface area contributed by atoms with Gasteiger partial charge in [0.25, 0.3) is 5.91 Å². The molecule has 128 valence electrons. The predicted octanol–water partition coefficient (Wildman–Crippen LogP) is -0.0288. The quantitative estimate of drug-likeness (QED) is 0.605. The minimum atomic E-state index is -1.28. The summed E-state index contributed by atoms with van der Waals surface area (Å²) in [5.41, 5.74) is 0.901. The number of nitrogens with one attached hydrogen (secondary N) is 2. The molecule has 2 aliphatic heterocycles. The number of ether oxygens (including phenoxy) is 2. The topological polar surface area (TPSA) is 137 Å². The van der Waals surface area contributed by atoms with E-state index in [0.29, 0.717) is 17.1 Å². The van der Waals surface area contributed by atoms with Gasteiger partial charge in [0, 0.05) is 5.69 Å². The number of amides is 3. The maximum Gasteiger partial charge on any atom is 0.414 e. The lowest BCUT2D eigenvalue weighted by atomic mass is 10.2. The van der Waals surface area contributed by atoms with Crippen molar-refractivity contribution < 1.29 is 34.1 Å². The lowest BCUT2D eigenvalue weighted by Gasteiger charge is -2.21. The summed E-state index contributed by atoms with van der Waals surface area (Å²) < 4.78 is 10.3. The lowest BCUT2D eigenvalue weighted by molar-refractivity contribution is -0.118. The van der Waals surface area contributed by atoms with Gasteiger partial charge in [0.1, 0.15) is 18.0 Å². The molecule has 3 rings (SSSR count). The van der Waals surface area contributed by atoms with E-state index in [1.54, 1.807) is 18.2 Å². The molecule has 1 fully saturated rings. The molecule has 2 atom stereocenters. The Morgan fingerprint density at radius 3 is 3.00 bits per heavy atom. The molecule has 0 aromatic heterocycles. The lowest BCUT2D eigenvalue weighted by Crippen LogP contribution is -2.40. The summed E-state index contributed by atoms with van der Waals surface area (Å²) in [6, 6.07) is 4.81. The number of anilines is 2. The normalized spacial score (nSPS) is 20.5. The van der Waals surface area contributed by atoms with Crippen LogP contribution in [0, 0.1) is 0 Å². The van der Waals surface area contributed by atoms with Crippen LogP contribution in [0.25, 0.3) is 0 Å². The van der Waals surface area contributed by atoms with Gasteiger partial charge in [0.2, 0.25) is 0 Å². The largest absolute Gasteiger partial charge is 0.482 e. The van der Waals surface area contributed by atoms with Crippen molar-refractivity contribution in [3.8, 4) is 5.75 Å². The molecule has 24 heavy (non-hydrogen) atoms. The summed E-state index contributed by atoms with van der Waals surface area (Å²) in [6.45, 7) is -0.271. The zero-order valence-corrected chi connectivity index (χ0v) is 12.4. The van der Waals surface area contributed by atoms with Crippen molar-refractivity contribution >= 4 is 29.5 Å². The Hall–Kier alpha value is -3.01. The van der Waals surface area contributed by atoms with Crippen LogP contribution in [-0.2, 0) is 9.53 Å². The molecule has 1 aromatic carbocycles. The smallest absolute Gasteiger partial charge is 0.414 e. The zero-order chi connectivity index (χ0) is 17.3. The number of hydrogen-bond acceptors (Lipinski definition) is 6. The van der Waals surface area contributed by atoms with Crippen molar-refractivity contribution in [1.82, 2.24) is 5.32 Å². The third kappa shape index (κ3) is 3.18. The Bertz CT molecular complexity index is 693. The molecule has 0 bridgehead atoms. The first kappa shape index (κ1) is 15.9. The maximum atomic E-state index is 12.0. The van der Waals surface area contributed by atoms with E-state index in [0.717, 1.165) is 0 Å². The molecular formula is C14H15N3O7. The van der Waals surface area contributed by atoms with Gasteiger partial charge in [0.05, 0.1) is 18.8 Å². The van der Waals surface area contributed by atoms with E-state index < -0.39 is 24.4 Å². The molecule has 0 radical (unpaired) electrons. The minimum absolute atomic E-state index is 0.0505. The summed E-state index contributed by atoms with van der Waals surface area (Å²) in [7, 11) is 0. The summed E-state index contributed by atoms with van der Waals surface area (Å²) in [4.78, 5) is 35.1. The van der Waals surface area contributed by atoms with Crippen LogP contribution in [0.5, 0.6) is 5.75 Å². The molecule has 1 saturated heterocycles. The van der Waals surface area contributed by atoms with Gasteiger partial charge in [-0.25, -0.2) is 9.59 Å². The number of benzene rings is 1. The predicted molar refractivity (Wildman–Crippen MR) is 80.2 cm³/mol. The van der Waals surface area contributed by atoms with Crippen molar-refractivity contribution in [2.45, 2.75) is 12.2 Å². The van der Waals surface area contributed by atoms with E-state index in [-0.39, 0.29) is 25.6 Å². The molecule has 1 aromatic rings. The van der Waals surface area contributed by atoms with E-state index in [9.17, 15) is 19.5 Å². The Balaban J connectivity index is 1.71. The van der Waals surface area contributed by atoms with Gasteiger partial charge in [-0.15, -0.1) is 0 Å². The van der Waals surface area contributed by atoms with Crippen LogP contribution in [-0.4, -0.2) is 60.2 Å². The van der Waals surface area contributed by atoms with Crippen LogP contribution >= 0.6 is 0 Å². The van der Waals surface area contributed by atoms with Crippen LogP contribution in [0.15, 0.2) is 18.2 Å². The Morgan fingerprint density at radius 1 is 1.46 bits per heavy atom. The Labute approximate surface area is 135 Å². The van der Waals surface area contributed by atoms with Gasteiger partial charge >= 0.3 is 12.2 Å². The highest BCUT2D eigenvalue weighted by Crippen LogP contribution is 2.33. The molecule has 10 nitrogen and oxygen atoms in total. The second-order valence-corrected chi connectivity index (χ2v) is 5.30. The number of nitrogens with zero attached hydrogens (tertiary/aromatic N) is 1. The van der Waals surface area contributed by atoms with Crippen LogP contribution < -0.4 is 20.3 Å². The third-order valence-corrected chi connectivity index (χ3v) is 3.63. The number of carbonyl (C=O) groups is 3. The second kappa shape index (κ2) is 6.24. The van der Waals surface area contributed by atoms with Crippen molar-refractivity contribution in [2.75, 3.05) is 29.9 Å². The molecule has 3 amide bonds. The van der Waals surface area contributed by atoms with E-state index >= 15 is 0 Å². The van der Waals surface area contributed by atoms with Gasteiger partial charge in [-0.2, -0.15) is 0 Å². The molecule has 4 N–H and O–H groups in total. The minimum Gasteiger partial charge on any atom is -0.482 e. The number of rotatable bonds is 4. The van der Waals surface area contributed by atoms with E-state index in [1.807, 2.05) is 5.32 Å². The van der Waals surface area contributed by atoms with Gasteiger partial charge in [0.15, 0.2) is 6.61 Å². The molecular weight excluding hydrogens is 322 g/mol. The number of carbonyl (C=O) groups excluding carboxylic acids is 2. The van der Waals surface area contributed by atoms with E-state index in [1.165, 1.54) is 4.90 Å². The average molecular weight is 337 g/mol. The van der Waals surface area contributed by atoms with Crippen LogP contribution in [0.4, 0.5) is 21.0 Å². The number of cyclic esters (lactones) is 1. The Kier molecular flexibility index (Phi) is 4.13. The number of fused-ring (bicyclic) bond motifs is 1. The summed E-state index contributed by atoms with van der Waals surface area (Å²) in [6.07, 6.45) is -3.99. The average Bonchev–Trinajstić information content (AvgIpc) is 2.93. The van der Waals surface area contributed by atoms with E-state index in [4.69, 9.17) is 14.6 Å². The third-order valence-electron chi connectivity index (χ3n) is 3.63. The highest BCUT2D eigenvalue weighted by molar-refractivity contribution is 5.97. The fraction of sp³-hybridized carbons (Fsp3) is 0.357. The van der Waals surface area contributed by atoms with Gasteiger partial charge in [-0.3, -0.25) is 9.69 Å². The second-order valence-electron chi connectivity index (χ2n) is 5.30. The van der Waals surface area contributed by atoms with Gasteiger partial charge in [-0.05, 0) is 18.2 Å². The first-order chi connectivity index (χ1) is 11.4. The van der Waals surface area contributed by atoms with Gasteiger partial charge in [-0.1, -0.05) is 0 Å². The van der Waals surface area contributed by atoms with Crippen LogP contribution in [0.2, 0.25) is 0 Å². The number of carboxylic acid groups (broad SMARTS) is 1. The highest BCUT2D eigenvalue weighted by Gasteiger charge is 2.37. The van der Waals surface area contributed by atoms with E-state index in [2.05, 4.69) is 5.32 Å². The maximum absolute atomic E-state index is 12.0. The first-order valence-corrected chi connectivity index (χ1v) is 7.14. The van der Waals surface area contributed by atoms with Gasteiger partial charge < -0.3 is 30.3 Å². The van der Waals surface area contributed by atoms with Crippen LogP contribution in [0.1, 0.15) is 0 Å². The summed E-state index contributed by atoms with van der Waals surface area (Å²) in [5, 5.41) is 23.1. The Morgan fingerprint density at radius 2 is 2.25 bits per heavy atom. The number of aliphatic hydroxyl groups excluding tert-OH is 1. The standard InChI is InChI=1S/C14H15N3O7/c18-9(4-15-13(20)21)11-5-17(14(22)24-11)7-1-2-10-8(3-7)16-12(19)6-23-10/h1-3,9,11,15,18H,4-6H2,(H,16,19)(H,20,21)/t9?,11-/m1/s1. The highest BCUT2D eigenvalue weighted by atomic mass is 16.6. The number of hydrogen-bond donors (Lipinski definition) is 4.